The third kappa shape index (κ3) is 5.86. The Labute approximate surface area is 250 Å². The fourth-order valence-electron chi connectivity index (χ4n) is 7.73. The number of aromatic nitrogens is 1. The number of ketones is 1. The maximum Gasteiger partial charge on any atom is 0.289 e. The molecule has 1 aromatic carbocycles. The summed E-state index contributed by atoms with van der Waals surface area (Å²) in [6.07, 6.45) is 8.03. The monoisotopic (exact) mass is 591 g/mol. The number of carbonyl (C=O) groups is 5. The van der Waals surface area contributed by atoms with Crippen molar-refractivity contribution in [2.24, 2.45) is 17.8 Å². The summed E-state index contributed by atoms with van der Waals surface area (Å²) in [5.74, 6) is -2.06. The van der Waals surface area contributed by atoms with Crippen molar-refractivity contribution >= 4 is 40.3 Å². The molecule has 0 spiro atoms. The number of fused-ring (bicyclic) bond motifs is 2. The average molecular weight is 592 g/mol. The Balaban J connectivity index is 1.23. The van der Waals surface area contributed by atoms with Crippen LogP contribution in [0.1, 0.15) is 74.7 Å². The molecule has 11 nitrogen and oxygen atoms in total. The van der Waals surface area contributed by atoms with E-state index in [1.54, 1.807) is 18.1 Å². The molecule has 2 aromatic rings. The molecule has 4 amide bonds. The summed E-state index contributed by atoms with van der Waals surface area (Å²) in [6.45, 7) is 0.941. The summed E-state index contributed by atoms with van der Waals surface area (Å²) in [5, 5.41) is 9.29. The smallest absolute Gasteiger partial charge is 0.289 e. The molecule has 2 saturated heterocycles. The molecule has 2 aliphatic carbocycles. The minimum absolute atomic E-state index is 0.0375. The highest BCUT2D eigenvalue weighted by Crippen LogP contribution is 2.43. The number of carbonyl (C=O) groups excluding carboxylic acids is 5. The largest absolute Gasteiger partial charge is 0.496 e. The lowest BCUT2D eigenvalue weighted by molar-refractivity contribution is -0.141. The molecular weight excluding hydrogens is 550 g/mol. The number of nitrogens with zero attached hydrogens (tertiary/aromatic N) is 1. The summed E-state index contributed by atoms with van der Waals surface area (Å²) in [7, 11) is 1.58. The lowest BCUT2D eigenvalue weighted by atomic mass is 9.91. The van der Waals surface area contributed by atoms with E-state index in [1.165, 1.54) is 0 Å². The third-order valence-corrected chi connectivity index (χ3v) is 9.97. The van der Waals surface area contributed by atoms with E-state index in [9.17, 15) is 24.0 Å². The van der Waals surface area contributed by atoms with Gasteiger partial charge in [0.25, 0.3) is 11.8 Å². The van der Waals surface area contributed by atoms with Gasteiger partial charge in [-0.1, -0.05) is 31.7 Å². The van der Waals surface area contributed by atoms with Gasteiger partial charge in [0.2, 0.25) is 17.6 Å². The quantitative estimate of drug-likeness (QED) is 0.329. The van der Waals surface area contributed by atoms with Gasteiger partial charge in [0, 0.05) is 36.0 Å². The standard InChI is InChI=1S/C32H41N5O6/c1-43-26-12-6-11-23-22(26)16-25(35-23)32(42)37-17-19-7-5-10-21(19)27(37)30(40)36-24(15-18-13-14-33-29(18)39)28(38)31(41)34-20-8-3-2-4-9-20/h6,11-12,16,18-21,24,27,35H,2-5,7-10,13-15,17H2,1H3,(H,33,39)(H,34,41)(H,36,40)/t18-,19?,21?,24?,27-/m0/s1. The fourth-order valence-corrected chi connectivity index (χ4v) is 7.73. The minimum Gasteiger partial charge on any atom is -0.496 e. The summed E-state index contributed by atoms with van der Waals surface area (Å²) >= 11 is 0. The minimum atomic E-state index is -1.15. The Morgan fingerprint density at radius 3 is 2.60 bits per heavy atom. The maximum atomic E-state index is 14.1. The van der Waals surface area contributed by atoms with Crippen LogP contribution in [0.25, 0.3) is 10.9 Å². The maximum absolute atomic E-state index is 14.1. The summed E-state index contributed by atoms with van der Waals surface area (Å²) in [5.41, 5.74) is 1.12. The molecule has 4 N–H and O–H groups in total. The lowest BCUT2D eigenvalue weighted by Crippen LogP contribution is -2.56. The molecule has 3 heterocycles. The molecule has 0 bridgehead atoms. The zero-order valence-corrected chi connectivity index (χ0v) is 24.7. The van der Waals surface area contributed by atoms with Crippen LogP contribution >= 0.6 is 0 Å². The molecule has 1 aromatic heterocycles. The van der Waals surface area contributed by atoms with Crippen LogP contribution in [0.2, 0.25) is 0 Å². The second-order valence-corrected chi connectivity index (χ2v) is 12.6. The van der Waals surface area contributed by atoms with Gasteiger partial charge < -0.3 is 30.6 Å². The molecular formula is C32H41N5O6. The van der Waals surface area contributed by atoms with Crippen molar-refractivity contribution in [3.63, 3.8) is 0 Å². The lowest BCUT2D eigenvalue weighted by Gasteiger charge is -2.29. The molecule has 2 saturated carbocycles. The number of nitrogens with one attached hydrogen (secondary N) is 4. The number of benzene rings is 1. The van der Waals surface area contributed by atoms with Crippen LogP contribution in [-0.4, -0.2) is 77.6 Å². The molecule has 6 rings (SSSR count). The zero-order chi connectivity index (χ0) is 30.1. The Morgan fingerprint density at radius 2 is 1.86 bits per heavy atom. The number of amides is 4. The van der Waals surface area contributed by atoms with E-state index in [-0.39, 0.29) is 36.1 Å². The predicted molar refractivity (Wildman–Crippen MR) is 158 cm³/mol. The normalized spacial score (nSPS) is 26.2. The van der Waals surface area contributed by atoms with E-state index in [0.717, 1.165) is 62.3 Å². The first-order chi connectivity index (χ1) is 20.8. The van der Waals surface area contributed by atoms with Crippen LogP contribution in [0.4, 0.5) is 0 Å². The highest BCUT2D eigenvalue weighted by atomic mass is 16.5. The first-order valence-electron chi connectivity index (χ1n) is 15.7. The molecule has 3 unspecified atom stereocenters. The van der Waals surface area contributed by atoms with Crippen molar-refractivity contribution < 1.29 is 28.7 Å². The predicted octanol–water partition coefficient (Wildman–Crippen LogP) is 2.45. The van der Waals surface area contributed by atoms with Crippen LogP contribution in [0, 0.1) is 17.8 Å². The van der Waals surface area contributed by atoms with Gasteiger partial charge in [-0.3, -0.25) is 24.0 Å². The first-order valence-corrected chi connectivity index (χ1v) is 15.7. The SMILES string of the molecule is COc1cccc2[nH]c(C(=O)N3CC4CCCC4[C@H]3C(=O)NC(C[C@@H]3CCNC3=O)C(=O)C(=O)NC3CCCCC3)cc12. The van der Waals surface area contributed by atoms with Gasteiger partial charge in [-0.15, -0.1) is 0 Å². The van der Waals surface area contributed by atoms with Gasteiger partial charge in [0.15, 0.2) is 0 Å². The highest BCUT2D eigenvalue weighted by Gasteiger charge is 2.50. The molecule has 0 radical (unpaired) electrons. The van der Waals surface area contributed by atoms with Crippen molar-refractivity contribution in [2.75, 3.05) is 20.2 Å². The second-order valence-electron chi connectivity index (χ2n) is 12.6. The number of aromatic amines is 1. The number of hydrogen-bond donors (Lipinski definition) is 4. The molecule has 4 aliphatic rings. The second kappa shape index (κ2) is 12.4. The zero-order valence-electron chi connectivity index (χ0n) is 24.7. The Bertz CT molecular complexity index is 1410. The van der Waals surface area contributed by atoms with E-state index < -0.39 is 35.6 Å². The van der Waals surface area contributed by atoms with Crippen LogP contribution in [-0.2, 0) is 19.2 Å². The molecule has 11 heteroatoms. The number of methoxy groups -OCH3 is 1. The van der Waals surface area contributed by atoms with Crippen LogP contribution in [0.3, 0.4) is 0 Å². The van der Waals surface area contributed by atoms with E-state index in [2.05, 4.69) is 20.9 Å². The summed E-state index contributed by atoms with van der Waals surface area (Å²) in [6, 6.07) is 5.29. The number of hydrogen-bond acceptors (Lipinski definition) is 6. The number of H-pyrrole nitrogens is 1. The van der Waals surface area contributed by atoms with Crippen molar-refractivity contribution in [2.45, 2.75) is 82.3 Å². The summed E-state index contributed by atoms with van der Waals surface area (Å²) in [4.78, 5) is 71.8. The van der Waals surface area contributed by atoms with Gasteiger partial charge >= 0.3 is 0 Å². The van der Waals surface area contributed by atoms with E-state index in [1.807, 2.05) is 18.2 Å². The van der Waals surface area contributed by atoms with Gasteiger partial charge in [-0.2, -0.15) is 0 Å². The number of rotatable bonds is 9. The number of likely N-dealkylation sites (tertiary alicyclic amines) is 1. The first kappa shape index (κ1) is 29.2. The average Bonchev–Trinajstić information content (AvgIpc) is 3.80. The van der Waals surface area contributed by atoms with Gasteiger partial charge in [-0.05, 0) is 68.6 Å². The van der Waals surface area contributed by atoms with Crippen LogP contribution in [0.15, 0.2) is 24.3 Å². The molecule has 2 aliphatic heterocycles. The summed E-state index contributed by atoms with van der Waals surface area (Å²) < 4.78 is 5.46. The topological polar surface area (TPSA) is 150 Å². The van der Waals surface area contributed by atoms with Crippen molar-refractivity contribution in [3.8, 4) is 5.75 Å². The fraction of sp³-hybridized carbons (Fsp3) is 0.594. The molecule has 5 atom stereocenters. The van der Waals surface area contributed by atoms with Gasteiger partial charge in [-0.25, -0.2) is 0 Å². The molecule has 43 heavy (non-hydrogen) atoms. The van der Waals surface area contributed by atoms with Crippen molar-refractivity contribution in [1.82, 2.24) is 25.8 Å². The Kier molecular flexibility index (Phi) is 8.41. The highest BCUT2D eigenvalue weighted by molar-refractivity contribution is 6.38. The number of Topliss-reactive ketones (excluding diaryl/α,β-unsaturated/α-hetero) is 1. The van der Waals surface area contributed by atoms with E-state index in [0.29, 0.717) is 31.0 Å². The van der Waals surface area contributed by atoms with Crippen LogP contribution < -0.4 is 20.7 Å². The Morgan fingerprint density at radius 1 is 1.05 bits per heavy atom. The van der Waals surface area contributed by atoms with E-state index in [4.69, 9.17) is 4.74 Å². The third-order valence-electron chi connectivity index (χ3n) is 9.97. The van der Waals surface area contributed by atoms with Crippen LogP contribution in [0.5, 0.6) is 5.75 Å². The van der Waals surface area contributed by atoms with E-state index >= 15 is 0 Å². The van der Waals surface area contributed by atoms with Crippen molar-refractivity contribution in [3.05, 3.63) is 30.0 Å². The number of ether oxygens (including phenoxy) is 1. The van der Waals surface area contributed by atoms with Gasteiger partial charge in [0.1, 0.15) is 17.5 Å². The van der Waals surface area contributed by atoms with Crippen molar-refractivity contribution in [1.29, 1.82) is 0 Å². The molecule has 230 valence electrons. The van der Waals surface area contributed by atoms with Gasteiger partial charge in [0.05, 0.1) is 13.2 Å². The molecule has 4 fully saturated rings. The Hall–Kier alpha value is -3.89.